The number of nitrogens with zero attached hydrogens (tertiary/aromatic N) is 1. The molecule has 4 nitrogen and oxygen atoms in total. The van der Waals surface area contributed by atoms with E-state index in [9.17, 15) is 0 Å². The van der Waals surface area contributed by atoms with Crippen LogP contribution in [0.1, 0.15) is 31.4 Å². The molecule has 1 rings (SSSR count). The molecule has 1 aromatic rings. The first-order valence-electron chi connectivity index (χ1n) is 6.51. The molecule has 0 radical (unpaired) electrons. The van der Waals surface area contributed by atoms with Crippen molar-refractivity contribution in [3.63, 3.8) is 0 Å². The third-order valence-electron chi connectivity index (χ3n) is 3.34. The lowest BCUT2D eigenvalue weighted by Gasteiger charge is -2.26. The van der Waals surface area contributed by atoms with Gasteiger partial charge in [-0.2, -0.15) is 0 Å². The molecule has 0 bridgehead atoms. The van der Waals surface area contributed by atoms with Gasteiger partial charge < -0.3 is 15.4 Å². The highest BCUT2D eigenvalue weighted by molar-refractivity contribution is 5.95. The van der Waals surface area contributed by atoms with Crippen molar-refractivity contribution in [2.45, 2.75) is 32.4 Å². The summed E-state index contributed by atoms with van der Waals surface area (Å²) in [6.45, 7) is 6.00. The van der Waals surface area contributed by atoms with Crippen molar-refractivity contribution < 1.29 is 4.74 Å². The molecular formula is C15H25N3O. The lowest BCUT2D eigenvalue weighted by molar-refractivity contribution is 0.00867. The van der Waals surface area contributed by atoms with E-state index in [1.807, 2.05) is 18.2 Å². The molecule has 0 spiro atoms. The molecule has 0 saturated heterocycles. The van der Waals surface area contributed by atoms with E-state index in [1.54, 1.807) is 7.11 Å². The number of benzene rings is 1. The molecule has 1 aromatic carbocycles. The minimum atomic E-state index is -0.0878. The van der Waals surface area contributed by atoms with Crippen LogP contribution in [-0.2, 0) is 11.3 Å². The molecule has 0 fully saturated rings. The van der Waals surface area contributed by atoms with Crippen molar-refractivity contribution in [1.82, 2.24) is 4.90 Å². The number of hydrogen-bond acceptors (Lipinski definition) is 3. The van der Waals surface area contributed by atoms with E-state index in [2.05, 4.69) is 31.9 Å². The van der Waals surface area contributed by atoms with E-state index in [1.165, 1.54) is 5.56 Å². The zero-order valence-corrected chi connectivity index (χ0v) is 12.4. The first kappa shape index (κ1) is 15.7. The van der Waals surface area contributed by atoms with Crippen LogP contribution in [0.2, 0.25) is 0 Å². The van der Waals surface area contributed by atoms with E-state index in [0.29, 0.717) is 0 Å². The second kappa shape index (κ2) is 6.68. The monoisotopic (exact) mass is 263 g/mol. The molecule has 0 aliphatic carbocycles. The zero-order chi connectivity index (χ0) is 14.5. The number of amidine groups is 1. The minimum absolute atomic E-state index is 0.0878. The highest BCUT2D eigenvalue weighted by atomic mass is 16.5. The maximum atomic E-state index is 7.45. The molecule has 3 N–H and O–H groups in total. The van der Waals surface area contributed by atoms with Crippen molar-refractivity contribution in [2.24, 2.45) is 5.73 Å². The Hall–Kier alpha value is -1.39. The lowest BCUT2D eigenvalue weighted by atomic mass is 10.0. The van der Waals surface area contributed by atoms with Crippen molar-refractivity contribution in [2.75, 3.05) is 20.7 Å². The predicted molar refractivity (Wildman–Crippen MR) is 79.5 cm³/mol. The molecule has 0 saturated carbocycles. The number of hydrogen-bond donors (Lipinski definition) is 2. The molecule has 0 unspecified atom stereocenters. The summed E-state index contributed by atoms with van der Waals surface area (Å²) in [5, 5.41) is 7.45. The van der Waals surface area contributed by atoms with Gasteiger partial charge in [0.15, 0.2) is 0 Å². The number of nitrogens with two attached hydrogens (primary N) is 1. The van der Waals surface area contributed by atoms with Crippen LogP contribution in [0.25, 0.3) is 0 Å². The van der Waals surface area contributed by atoms with Crippen LogP contribution in [0.15, 0.2) is 24.3 Å². The summed E-state index contributed by atoms with van der Waals surface area (Å²) in [5.41, 5.74) is 7.36. The second-order valence-electron chi connectivity index (χ2n) is 5.57. The van der Waals surface area contributed by atoms with Crippen molar-refractivity contribution in [3.05, 3.63) is 35.4 Å². The fourth-order valence-electron chi connectivity index (χ4n) is 1.79. The van der Waals surface area contributed by atoms with Crippen LogP contribution in [-0.4, -0.2) is 37.0 Å². The zero-order valence-electron chi connectivity index (χ0n) is 12.4. The van der Waals surface area contributed by atoms with Gasteiger partial charge >= 0.3 is 0 Å². The average Bonchev–Trinajstić information content (AvgIpc) is 2.37. The molecule has 4 heteroatoms. The summed E-state index contributed by atoms with van der Waals surface area (Å²) in [7, 11) is 3.84. The van der Waals surface area contributed by atoms with Crippen molar-refractivity contribution in [3.8, 4) is 0 Å². The molecular weight excluding hydrogens is 238 g/mol. The van der Waals surface area contributed by atoms with Crippen molar-refractivity contribution >= 4 is 5.84 Å². The number of ether oxygens (including phenoxy) is 1. The lowest BCUT2D eigenvalue weighted by Crippen LogP contribution is -2.30. The quantitative estimate of drug-likeness (QED) is 0.585. The molecule has 106 valence electrons. The van der Waals surface area contributed by atoms with Crippen LogP contribution >= 0.6 is 0 Å². The van der Waals surface area contributed by atoms with Gasteiger partial charge in [0.2, 0.25) is 0 Å². The molecule has 0 aromatic heterocycles. The van der Waals surface area contributed by atoms with Crippen molar-refractivity contribution in [1.29, 1.82) is 5.41 Å². The Kier molecular flexibility index (Phi) is 5.51. The Labute approximate surface area is 116 Å². The Morgan fingerprint density at radius 3 is 2.68 bits per heavy atom. The number of methoxy groups -OCH3 is 1. The number of rotatable bonds is 7. The third-order valence-corrected chi connectivity index (χ3v) is 3.34. The van der Waals surface area contributed by atoms with E-state index < -0.39 is 0 Å². The van der Waals surface area contributed by atoms with Gasteiger partial charge in [-0.15, -0.1) is 0 Å². The number of nitrogens with one attached hydrogen (secondary N) is 1. The first-order chi connectivity index (χ1) is 8.84. The van der Waals surface area contributed by atoms with E-state index in [0.717, 1.165) is 25.1 Å². The van der Waals surface area contributed by atoms with Gasteiger partial charge in [0, 0.05) is 25.8 Å². The normalized spacial score (nSPS) is 11.8. The Morgan fingerprint density at radius 2 is 2.11 bits per heavy atom. The maximum Gasteiger partial charge on any atom is 0.122 e. The Morgan fingerprint density at radius 1 is 1.42 bits per heavy atom. The second-order valence-corrected chi connectivity index (χ2v) is 5.57. The fourth-order valence-corrected chi connectivity index (χ4v) is 1.79. The summed E-state index contributed by atoms with van der Waals surface area (Å²) >= 11 is 0. The molecule has 0 aliphatic heterocycles. The fraction of sp³-hybridized carbons (Fsp3) is 0.533. The highest BCUT2D eigenvalue weighted by Gasteiger charge is 2.16. The Bertz CT molecular complexity index is 429. The summed E-state index contributed by atoms with van der Waals surface area (Å²) in [6, 6.07) is 7.84. The largest absolute Gasteiger partial charge is 0.384 e. The van der Waals surface area contributed by atoms with E-state index in [4.69, 9.17) is 15.9 Å². The maximum absolute atomic E-state index is 7.45. The Balaban J connectivity index is 2.55. The van der Waals surface area contributed by atoms with Crippen LogP contribution in [0.3, 0.4) is 0 Å². The van der Waals surface area contributed by atoms with Gasteiger partial charge in [0.05, 0.1) is 5.60 Å². The van der Waals surface area contributed by atoms with E-state index >= 15 is 0 Å². The van der Waals surface area contributed by atoms with Gasteiger partial charge in [0.1, 0.15) is 5.84 Å². The molecule has 0 aliphatic rings. The smallest absolute Gasteiger partial charge is 0.122 e. The summed E-state index contributed by atoms with van der Waals surface area (Å²) in [4.78, 5) is 2.25. The van der Waals surface area contributed by atoms with Gasteiger partial charge in [-0.3, -0.25) is 5.41 Å². The average molecular weight is 263 g/mol. The van der Waals surface area contributed by atoms with Gasteiger partial charge in [-0.05, 0) is 38.9 Å². The van der Waals surface area contributed by atoms with Gasteiger partial charge in [0.25, 0.3) is 0 Å². The summed E-state index contributed by atoms with van der Waals surface area (Å²) < 4.78 is 5.42. The molecule has 19 heavy (non-hydrogen) atoms. The summed E-state index contributed by atoms with van der Waals surface area (Å²) in [5.74, 6) is 0.116. The van der Waals surface area contributed by atoms with Crippen LogP contribution in [0.5, 0.6) is 0 Å². The highest BCUT2D eigenvalue weighted by Crippen LogP contribution is 2.14. The molecule has 0 heterocycles. The molecule has 0 amide bonds. The predicted octanol–water partition coefficient (Wildman–Crippen LogP) is 2.22. The standard InChI is InChI=1S/C15H25N3O/c1-15(2,19-4)8-9-18(3)11-12-6-5-7-13(10-12)14(16)17/h5-7,10H,8-9,11H2,1-4H3,(H3,16,17). The first-order valence-corrected chi connectivity index (χ1v) is 6.51. The third kappa shape index (κ3) is 5.41. The molecule has 0 atom stereocenters. The van der Waals surface area contributed by atoms with Gasteiger partial charge in [-0.1, -0.05) is 18.2 Å². The number of nitrogen functional groups attached to an aromatic ring is 1. The minimum Gasteiger partial charge on any atom is -0.384 e. The van der Waals surface area contributed by atoms with Crippen LogP contribution < -0.4 is 5.73 Å². The topological polar surface area (TPSA) is 62.3 Å². The van der Waals surface area contributed by atoms with E-state index in [-0.39, 0.29) is 11.4 Å². The van der Waals surface area contributed by atoms with Crippen LogP contribution in [0, 0.1) is 5.41 Å². The SMILES string of the molecule is COC(C)(C)CCN(C)Cc1cccc(C(=N)N)c1. The summed E-state index contributed by atoms with van der Waals surface area (Å²) in [6.07, 6.45) is 0.979. The van der Waals surface area contributed by atoms with Crippen LogP contribution in [0.4, 0.5) is 0 Å². The van der Waals surface area contributed by atoms with Gasteiger partial charge in [-0.25, -0.2) is 0 Å².